The molecule has 0 N–H and O–H groups in total. The van der Waals surface area contributed by atoms with Gasteiger partial charge in [0.05, 0.1) is 10.8 Å². The highest BCUT2D eigenvalue weighted by atomic mass is 16.3. The molecule has 0 radical (unpaired) electrons. The predicted molar refractivity (Wildman–Crippen MR) is 346 cm³/mol. The summed E-state index contributed by atoms with van der Waals surface area (Å²) in [6, 6.07) is 101. The molecule has 0 bridgehead atoms. The average molecular weight is 1060 g/mol. The Balaban J connectivity index is 0.853. The van der Waals surface area contributed by atoms with Gasteiger partial charge in [-0.3, -0.25) is 0 Å². The summed E-state index contributed by atoms with van der Waals surface area (Å²) in [6.45, 7) is 0. The summed E-state index contributed by atoms with van der Waals surface area (Å²) < 4.78 is 13.5. The molecule has 0 aliphatic heterocycles. The SMILES string of the molecule is c1ccc2c(c1)-c1ccc(-c3cccc4c3oc3ccccc34)cc1C21c2ccccc2-c2c1cc1c3cccc4c5c(cc(c6cccc2c61)c43)C1(c2ccccc2-c2ccc(-c3cccc4c3oc3ccccc34)cc21)c1ccccc1-5. The van der Waals surface area contributed by atoms with E-state index < -0.39 is 10.8 Å². The van der Waals surface area contributed by atoms with E-state index >= 15 is 0 Å². The molecule has 2 aromatic heterocycles. The highest BCUT2D eigenvalue weighted by molar-refractivity contribution is 6.37. The van der Waals surface area contributed by atoms with Crippen LogP contribution in [0, 0.1) is 0 Å². The lowest BCUT2D eigenvalue weighted by Gasteiger charge is -2.32. The molecule has 0 saturated heterocycles. The van der Waals surface area contributed by atoms with Gasteiger partial charge in [-0.05, 0) is 180 Å². The number of benzene rings is 15. The molecule has 2 nitrogen and oxygen atoms in total. The van der Waals surface area contributed by atoms with Crippen molar-refractivity contribution in [3.63, 3.8) is 0 Å². The molecule has 21 rings (SSSR count). The monoisotopic (exact) mass is 1060 g/mol. The van der Waals surface area contributed by atoms with Crippen molar-refractivity contribution >= 4 is 87.0 Å². The Hall–Kier alpha value is -10.8. The van der Waals surface area contributed by atoms with Crippen LogP contribution in [0.25, 0.3) is 154 Å². The minimum Gasteiger partial charge on any atom is -0.455 e. The van der Waals surface area contributed by atoms with E-state index in [1.807, 2.05) is 0 Å². The normalized spacial score (nSPS) is 16.7. The number of fused-ring (bicyclic) bond motifs is 30. The van der Waals surface area contributed by atoms with Crippen LogP contribution in [-0.4, -0.2) is 0 Å². The maximum atomic E-state index is 6.75. The molecule has 4 aliphatic rings. The van der Waals surface area contributed by atoms with Crippen molar-refractivity contribution in [3.05, 3.63) is 311 Å². The largest absolute Gasteiger partial charge is 0.455 e. The van der Waals surface area contributed by atoms with Gasteiger partial charge in [-0.25, -0.2) is 0 Å². The molecule has 4 aliphatic carbocycles. The standard InChI is InChI=1S/C82H44O2/c1-7-31-65-49(17-1)51-39-37-45(47-23-13-27-57-53-19-5-11-35-73(53)83-79(47)57)41-69(51)81(65)67-33-9-3-21-59(67)77-61-29-15-26-56-64-44-72-78(62-30-16-25-55(76(62)64)63(75(56)61)43-71(77)81)60-22-4-10-34-68(60)82(72)66-32-8-2-18-50(66)52-40-38-46(42-70(52)82)48-24-14-28-58-54-20-6-12-36-74(54)84-80(48)58/h1-44H. The first kappa shape index (κ1) is 43.9. The van der Waals surface area contributed by atoms with E-state index in [0.29, 0.717) is 0 Å². The van der Waals surface area contributed by atoms with Gasteiger partial charge in [0.25, 0.3) is 0 Å². The Morgan fingerprint density at radius 2 is 0.536 bits per heavy atom. The summed E-state index contributed by atoms with van der Waals surface area (Å²) in [5.74, 6) is 0. The quantitative estimate of drug-likeness (QED) is 0.127. The van der Waals surface area contributed by atoms with Crippen LogP contribution in [-0.2, 0) is 10.8 Å². The van der Waals surface area contributed by atoms with Crippen molar-refractivity contribution < 1.29 is 8.83 Å². The van der Waals surface area contributed by atoms with E-state index in [4.69, 9.17) is 8.83 Å². The predicted octanol–water partition coefficient (Wildman–Crippen LogP) is 21.6. The van der Waals surface area contributed by atoms with Crippen LogP contribution >= 0.6 is 0 Å². The fraction of sp³-hybridized carbons (Fsp3) is 0.0244. The van der Waals surface area contributed by atoms with Crippen molar-refractivity contribution in [1.82, 2.24) is 0 Å². The topological polar surface area (TPSA) is 26.3 Å². The number of para-hydroxylation sites is 4. The highest BCUT2D eigenvalue weighted by Crippen LogP contribution is 2.68. The molecular weight excluding hydrogens is 1020 g/mol. The molecule has 17 aromatic rings. The molecule has 2 heterocycles. The minimum absolute atomic E-state index is 0.591. The zero-order valence-electron chi connectivity index (χ0n) is 45.2. The van der Waals surface area contributed by atoms with Crippen LogP contribution in [0.1, 0.15) is 44.5 Å². The zero-order valence-corrected chi connectivity index (χ0v) is 45.2. The lowest BCUT2D eigenvalue weighted by Crippen LogP contribution is -2.26. The van der Waals surface area contributed by atoms with E-state index in [9.17, 15) is 0 Å². The second-order valence-corrected chi connectivity index (χ2v) is 23.9. The van der Waals surface area contributed by atoms with Crippen LogP contribution in [0.5, 0.6) is 0 Å². The van der Waals surface area contributed by atoms with Crippen molar-refractivity contribution in [2.24, 2.45) is 0 Å². The summed E-state index contributed by atoms with van der Waals surface area (Å²) in [7, 11) is 0. The Kier molecular flexibility index (Phi) is 7.95. The highest BCUT2D eigenvalue weighted by Gasteiger charge is 2.54. The van der Waals surface area contributed by atoms with E-state index in [2.05, 4.69) is 267 Å². The average Bonchev–Trinajstić information content (AvgIpc) is 1.54. The molecule has 0 fully saturated rings. The van der Waals surface area contributed by atoms with Crippen LogP contribution in [0.4, 0.5) is 0 Å². The van der Waals surface area contributed by atoms with Crippen LogP contribution in [0.15, 0.2) is 276 Å². The fourth-order valence-corrected chi connectivity index (χ4v) is 17.4. The Labute approximate surface area is 482 Å². The van der Waals surface area contributed by atoms with Crippen molar-refractivity contribution in [2.75, 3.05) is 0 Å². The number of hydrogen-bond acceptors (Lipinski definition) is 2. The third-order valence-electron chi connectivity index (χ3n) is 20.4. The molecule has 2 unspecified atom stereocenters. The smallest absolute Gasteiger partial charge is 0.143 e. The van der Waals surface area contributed by atoms with Gasteiger partial charge in [-0.2, -0.15) is 0 Å². The molecule has 84 heavy (non-hydrogen) atoms. The first-order valence-corrected chi connectivity index (χ1v) is 29.4. The Bertz CT molecular complexity index is 5520. The van der Waals surface area contributed by atoms with Crippen LogP contribution in [0.2, 0.25) is 0 Å². The molecule has 0 amide bonds. The van der Waals surface area contributed by atoms with Crippen molar-refractivity contribution in [1.29, 1.82) is 0 Å². The third kappa shape index (κ3) is 4.99. The summed E-state index contributed by atoms with van der Waals surface area (Å²) in [5.41, 5.74) is 28.0. The van der Waals surface area contributed by atoms with E-state index in [1.54, 1.807) is 0 Å². The fourth-order valence-electron chi connectivity index (χ4n) is 17.4. The van der Waals surface area contributed by atoms with Crippen LogP contribution in [0.3, 0.4) is 0 Å². The van der Waals surface area contributed by atoms with Gasteiger partial charge >= 0.3 is 0 Å². The lowest BCUT2D eigenvalue weighted by atomic mass is 9.69. The Morgan fingerprint density at radius 3 is 1.00 bits per heavy atom. The van der Waals surface area contributed by atoms with Crippen molar-refractivity contribution in [2.45, 2.75) is 10.8 Å². The van der Waals surface area contributed by atoms with Gasteiger partial charge < -0.3 is 8.83 Å². The van der Waals surface area contributed by atoms with E-state index in [1.165, 1.54) is 132 Å². The number of furan rings is 2. The second-order valence-electron chi connectivity index (χ2n) is 23.9. The van der Waals surface area contributed by atoms with Crippen molar-refractivity contribution in [3.8, 4) is 66.8 Å². The summed E-state index contributed by atoms with van der Waals surface area (Å²) in [4.78, 5) is 0. The molecule has 2 atom stereocenters. The maximum Gasteiger partial charge on any atom is 0.143 e. The summed E-state index contributed by atoms with van der Waals surface area (Å²) in [5, 5.41) is 14.9. The number of hydrogen-bond donors (Lipinski definition) is 0. The molecule has 15 aromatic carbocycles. The summed E-state index contributed by atoms with van der Waals surface area (Å²) in [6.07, 6.45) is 0. The summed E-state index contributed by atoms with van der Waals surface area (Å²) >= 11 is 0. The van der Waals surface area contributed by atoms with E-state index in [-0.39, 0.29) is 0 Å². The third-order valence-corrected chi connectivity index (χ3v) is 20.4. The lowest BCUT2D eigenvalue weighted by molar-refractivity contribution is 0.669. The molecule has 384 valence electrons. The molecule has 2 spiro atoms. The van der Waals surface area contributed by atoms with Gasteiger partial charge in [0.15, 0.2) is 0 Å². The first-order chi connectivity index (χ1) is 41.7. The van der Waals surface area contributed by atoms with E-state index in [0.717, 1.165) is 66.1 Å². The molecule has 0 saturated carbocycles. The molecule has 2 heteroatoms. The first-order valence-electron chi connectivity index (χ1n) is 29.4. The molecular formula is C82H44O2. The van der Waals surface area contributed by atoms with Gasteiger partial charge in [0, 0.05) is 32.7 Å². The zero-order chi connectivity index (χ0) is 54.3. The van der Waals surface area contributed by atoms with Crippen LogP contribution < -0.4 is 0 Å². The Morgan fingerprint density at radius 1 is 0.202 bits per heavy atom. The van der Waals surface area contributed by atoms with Gasteiger partial charge in [-0.1, -0.05) is 231 Å². The minimum atomic E-state index is -0.591. The van der Waals surface area contributed by atoms with Gasteiger partial charge in [0.2, 0.25) is 0 Å². The number of rotatable bonds is 2. The maximum absolute atomic E-state index is 6.75. The second kappa shape index (κ2) is 15.2. The van der Waals surface area contributed by atoms with Gasteiger partial charge in [0.1, 0.15) is 22.3 Å². The van der Waals surface area contributed by atoms with Gasteiger partial charge in [-0.15, -0.1) is 0 Å².